The molecule has 3 aromatic heterocycles. The second-order valence-electron chi connectivity index (χ2n) is 7.87. The Balaban J connectivity index is 1.63. The second-order valence-corrected chi connectivity index (χ2v) is 7.87. The Kier molecular flexibility index (Phi) is 6.22. The average molecular weight is 493 g/mol. The van der Waals surface area contributed by atoms with Crippen LogP contribution in [0.4, 0.5) is 27.6 Å². The predicted molar refractivity (Wildman–Crippen MR) is 116 cm³/mol. The number of aryl methyl sites for hydroxylation is 2. The number of aromatic nitrogens is 4. The number of fused-ring (bicyclic) bond motifs is 1. The molecule has 4 rings (SSSR count). The molecule has 1 amide bonds. The topological polar surface area (TPSA) is 73.5 Å². The van der Waals surface area contributed by atoms with Crippen LogP contribution in [0.25, 0.3) is 5.65 Å². The fourth-order valence-electron chi connectivity index (χ4n) is 3.74. The highest BCUT2D eigenvalue weighted by Crippen LogP contribution is 2.27. The van der Waals surface area contributed by atoms with Gasteiger partial charge >= 0.3 is 6.18 Å². The summed E-state index contributed by atoms with van der Waals surface area (Å²) in [6.45, 7) is 2.81. The third-order valence-corrected chi connectivity index (χ3v) is 5.39. The lowest BCUT2D eigenvalue weighted by Crippen LogP contribution is -2.20. The molecule has 0 spiro atoms. The highest BCUT2D eigenvalue weighted by atomic mass is 19.4. The van der Waals surface area contributed by atoms with Crippen LogP contribution in [-0.2, 0) is 13.2 Å². The minimum Gasteiger partial charge on any atom is -0.485 e. The number of anilines is 1. The minimum atomic E-state index is -4.47. The smallest absolute Gasteiger partial charge is 0.408 e. The summed E-state index contributed by atoms with van der Waals surface area (Å²) < 4.78 is 74.2. The number of carbonyl (C=O) groups is 1. The molecular formula is C23H20F5N5O2. The Morgan fingerprint density at radius 3 is 2.40 bits per heavy atom. The number of pyridine rings is 1. The fraction of sp³-hybridized carbons (Fsp3) is 0.261. The Morgan fingerprint density at radius 1 is 1.06 bits per heavy atom. The second kappa shape index (κ2) is 9.01. The van der Waals surface area contributed by atoms with Crippen LogP contribution in [0, 0.1) is 32.4 Å². The van der Waals surface area contributed by atoms with Crippen molar-refractivity contribution in [1.82, 2.24) is 19.2 Å². The van der Waals surface area contributed by atoms with Gasteiger partial charge in [0, 0.05) is 6.20 Å². The van der Waals surface area contributed by atoms with Gasteiger partial charge in [0.05, 0.1) is 28.3 Å². The number of benzene rings is 1. The first-order valence-corrected chi connectivity index (χ1v) is 10.4. The number of nitrogens with one attached hydrogen (secondary N) is 1. The zero-order valence-corrected chi connectivity index (χ0v) is 18.9. The van der Waals surface area contributed by atoms with E-state index in [9.17, 15) is 26.7 Å². The predicted octanol–water partition coefficient (Wildman–Crippen LogP) is 5.13. The molecule has 1 aromatic carbocycles. The van der Waals surface area contributed by atoms with Crippen LogP contribution < -0.4 is 10.1 Å². The maximum atomic E-state index is 13.9. The molecule has 184 valence electrons. The highest BCUT2D eigenvalue weighted by molar-refractivity contribution is 6.05. The molecule has 7 nitrogen and oxygen atoms in total. The van der Waals surface area contributed by atoms with Crippen molar-refractivity contribution in [3.05, 3.63) is 76.5 Å². The highest BCUT2D eigenvalue weighted by Gasteiger charge is 2.30. The Labute approximate surface area is 196 Å². The van der Waals surface area contributed by atoms with Crippen LogP contribution in [0.5, 0.6) is 5.75 Å². The van der Waals surface area contributed by atoms with E-state index in [0.29, 0.717) is 5.69 Å². The Morgan fingerprint density at radius 2 is 1.74 bits per heavy atom. The lowest BCUT2D eigenvalue weighted by atomic mass is 10.2. The number of halogens is 5. The van der Waals surface area contributed by atoms with Gasteiger partial charge in [0.1, 0.15) is 30.5 Å². The quantitative estimate of drug-likeness (QED) is 0.378. The normalized spacial score (nSPS) is 11.8. The van der Waals surface area contributed by atoms with Gasteiger partial charge in [-0.15, -0.1) is 0 Å². The van der Waals surface area contributed by atoms with Crippen molar-refractivity contribution in [2.24, 2.45) is 0 Å². The number of nitrogens with zero attached hydrogens (tertiary/aromatic N) is 4. The summed E-state index contributed by atoms with van der Waals surface area (Å²) >= 11 is 0. The van der Waals surface area contributed by atoms with Gasteiger partial charge in [-0.25, -0.2) is 13.8 Å². The van der Waals surface area contributed by atoms with E-state index in [1.165, 1.54) is 30.4 Å². The van der Waals surface area contributed by atoms with Crippen molar-refractivity contribution in [2.45, 2.75) is 40.1 Å². The number of imidazole rings is 1. The summed E-state index contributed by atoms with van der Waals surface area (Å²) in [5.74, 6) is -1.95. The van der Waals surface area contributed by atoms with Gasteiger partial charge in [0.2, 0.25) is 0 Å². The number of alkyl halides is 3. The summed E-state index contributed by atoms with van der Waals surface area (Å²) in [5, 5.41) is 6.50. The van der Waals surface area contributed by atoms with Crippen molar-refractivity contribution < 1.29 is 31.5 Å². The monoisotopic (exact) mass is 493 g/mol. The standard InChI is InChI=1S/C23H20F5N5O2/c1-12-19(14(3)33(31-12)11-23(26,27)28)30-22(34)20-13(2)29-21-18(8-5-9-32(20)21)35-10-15-16(24)6-4-7-17(15)25/h4-9H,10-11H2,1-3H3,(H,30,34). The molecule has 0 radical (unpaired) electrons. The summed E-state index contributed by atoms with van der Waals surface area (Å²) in [6.07, 6.45) is -2.92. The summed E-state index contributed by atoms with van der Waals surface area (Å²) in [6, 6.07) is 6.58. The molecule has 0 unspecified atom stereocenters. The number of ether oxygens (including phenoxy) is 1. The van der Waals surface area contributed by atoms with E-state index >= 15 is 0 Å². The number of hydrogen-bond donors (Lipinski definition) is 1. The molecule has 1 N–H and O–H groups in total. The Hall–Kier alpha value is -3.96. The molecule has 0 aliphatic rings. The van der Waals surface area contributed by atoms with E-state index in [1.807, 2.05) is 0 Å². The first-order chi connectivity index (χ1) is 16.5. The molecule has 0 saturated heterocycles. The van der Waals surface area contributed by atoms with Gasteiger partial charge in [-0.2, -0.15) is 18.3 Å². The molecule has 3 heterocycles. The maximum Gasteiger partial charge on any atom is 0.408 e. The Bertz CT molecular complexity index is 1400. The molecule has 0 saturated carbocycles. The van der Waals surface area contributed by atoms with Gasteiger partial charge in [0.15, 0.2) is 11.4 Å². The molecule has 4 aromatic rings. The molecule has 12 heteroatoms. The van der Waals surface area contributed by atoms with E-state index in [-0.39, 0.29) is 39.7 Å². The van der Waals surface area contributed by atoms with Gasteiger partial charge in [-0.05, 0) is 45.0 Å². The SMILES string of the molecule is Cc1nn(CC(F)(F)F)c(C)c1NC(=O)c1c(C)nc2c(OCc3c(F)cccc3F)cccn12. The first-order valence-electron chi connectivity index (χ1n) is 10.4. The van der Waals surface area contributed by atoms with Crippen molar-refractivity contribution in [3.63, 3.8) is 0 Å². The molecule has 0 fully saturated rings. The molecule has 0 bridgehead atoms. The van der Waals surface area contributed by atoms with Crippen LogP contribution in [0.15, 0.2) is 36.5 Å². The zero-order valence-electron chi connectivity index (χ0n) is 18.9. The third kappa shape index (κ3) is 4.81. The maximum absolute atomic E-state index is 13.9. The van der Waals surface area contributed by atoms with Gasteiger partial charge in [-0.1, -0.05) is 6.07 Å². The average Bonchev–Trinajstić information content (AvgIpc) is 3.23. The molecule has 35 heavy (non-hydrogen) atoms. The third-order valence-electron chi connectivity index (χ3n) is 5.39. The number of amides is 1. The molecule has 0 aliphatic heterocycles. The largest absolute Gasteiger partial charge is 0.485 e. The summed E-state index contributed by atoms with van der Waals surface area (Å²) in [7, 11) is 0. The van der Waals surface area contributed by atoms with E-state index in [1.54, 1.807) is 19.2 Å². The van der Waals surface area contributed by atoms with Crippen LogP contribution in [0.3, 0.4) is 0 Å². The number of hydrogen-bond acceptors (Lipinski definition) is 4. The van der Waals surface area contributed by atoms with E-state index in [4.69, 9.17) is 4.74 Å². The van der Waals surface area contributed by atoms with Crippen molar-refractivity contribution in [2.75, 3.05) is 5.32 Å². The number of carbonyl (C=O) groups excluding carboxylic acids is 1. The van der Waals surface area contributed by atoms with Gasteiger partial charge < -0.3 is 10.1 Å². The van der Waals surface area contributed by atoms with Crippen molar-refractivity contribution >= 4 is 17.2 Å². The summed E-state index contributed by atoms with van der Waals surface area (Å²) in [5.41, 5.74) is 0.943. The van der Waals surface area contributed by atoms with E-state index in [2.05, 4.69) is 15.4 Å². The van der Waals surface area contributed by atoms with Crippen LogP contribution in [0.1, 0.15) is 33.1 Å². The van der Waals surface area contributed by atoms with E-state index in [0.717, 1.165) is 16.8 Å². The molecule has 0 atom stereocenters. The van der Waals surface area contributed by atoms with Crippen molar-refractivity contribution in [3.8, 4) is 5.75 Å². The van der Waals surface area contributed by atoms with Crippen LogP contribution in [0.2, 0.25) is 0 Å². The summed E-state index contributed by atoms with van der Waals surface area (Å²) in [4.78, 5) is 17.5. The van der Waals surface area contributed by atoms with E-state index < -0.39 is 36.9 Å². The lowest BCUT2D eigenvalue weighted by Gasteiger charge is -2.10. The first kappa shape index (κ1) is 24.2. The van der Waals surface area contributed by atoms with Crippen LogP contribution in [-0.4, -0.2) is 31.2 Å². The zero-order chi connectivity index (χ0) is 25.5. The molecule has 0 aliphatic carbocycles. The fourth-order valence-corrected chi connectivity index (χ4v) is 3.74. The molecular weight excluding hydrogens is 473 g/mol. The van der Waals surface area contributed by atoms with Crippen LogP contribution >= 0.6 is 0 Å². The van der Waals surface area contributed by atoms with Crippen molar-refractivity contribution in [1.29, 1.82) is 0 Å². The minimum absolute atomic E-state index is 0.116. The lowest BCUT2D eigenvalue weighted by molar-refractivity contribution is -0.142. The number of rotatable bonds is 6. The van der Waals surface area contributed by atoms with Gasteiger partial charge in [-0.3, -0.25) is 13.9 Å². The van der Waals surface area contributed by atoms with Gasteiger partial charge in [0.25, 0.3) is 5.91 Å².